The minimum Gasteiger partial charge on any atom is -0.306 e. The first-order valence-electron chi connectivity index (χ1n) is 7.48. The minimum atomic E-state index is 0.221. The van der Waals surface area contributed by atoms with Crippen molar-refractivity contribution in [2.75, 3.05) is 6.54 Å². The average molecular weight is 296 g/mol. The number of thiophene rings is 1. The third kappa shape index (κ3) is 2.85. The summed E-state index contributed by atoms with van der Waals surface area (Å²) in [4.78, 5) is 7.23. The molecular weight excluding hydrogens is 276 g/mol. The maximum Gasteiger partial charge on any atom is 0.0692 e. The topological polar surface area (TPSA) is 24.9 Å². The molecule has 0 spiro atoms. The molecule has 3 heteroatoms. The summed E-state index contributed by atoms with van der Waals surface area (Å²) >= 11 is 1.89. The van der Waals surface area contributed by atoms with Crippen LogP contribution in [0.3, 0.4) is 0 Å². The third-order valence-corrected chi connectivity index (χ3v) is 5.03. The monoisotopic (exact) mass is 296 g/mol. The number of hydrogen-bond donors (Lipinski definition) is 1. The van der Waals surface area contributed by atoms with Gasteiger partial charge in [-0.2, -0.15) is 0 Å². The van der Waals surface area contributed by atoms with Gasteiger partial charge in [-0.1, -0.05) is 38.1 Å². The van der Waals surface area contributed by atoms with Crippen LogP contribution in [0, 0.1) is 0 Å². The Balaban J connectivity index is 2.11. The van der Waals surface area contributed by atoms with E-state index < -0.39 is 0 Å². The molecule has 2 nitrogen and oxygen atoms in total. The number of nitrogens with zero attached hydrogens (tertiary/aromatic N) is 1. The van der Waals surface area contributed by atoms with Crippen LogP contribution in [-0.2, 0) is 6.42 Å². The zero-order valence-corrected chi connectivity index (χ0v) is 13.3. The quantitative estimate of drug-likeness (QED) is 0.746. The number of rotatable bonds is 5. The lowest BCUT2D eigenvalue weighted by atomic mass is 10.0. The van der Waals surface area contributed by atoms with E-state index in [2.05, 4.69) is 60.5 Å². The number of aryl methyl sites for hydroxylation is 1. The fraction of sp³-hybridized carbons (Fsp3) is 0.278. The van der Waals surface area contributed by atoms with E-state index in [1.807, 2.05) is 23.7 Å². The minimum absolute atomic E-state index is 0.221. The molecular formula is C18H20N2S. The van der Waals surface area contributed by atoms with Crippen molar-refractivity contribution in [1.29, 1.82) is 0 Å². The van der Waals surface area contributed by atoms with Gasteiger partial charge in [-0.15, -0.1) is 11.3 Å². The first-order chi connectivity index (χ1) is 10.3. The van der Waals surface area contributed by atoms with Crippen LogP contribution in [0.15, 0.2) is 48.8 Å². The SMILES string of the molecule is CCNC(c1ccc(CC)s1)c1cncc2ccccc12. The van der Waals surface area contributed by atoms with Crippen LogP contribution < -0.4 is 5.32 Å². The number of aromatic nitrogens is 1. The Morgan fingerprint density at radius 1 is 1.10 bits per heavy atom. The van der Waals surface area contributed by atoms with Crippen LogP contribution >= 0.6 is 11.3 Å². The van der Waals surface area contributed by atoms with E-state index in [1.54, 1.807) is 0 Å². The Hall–Kier alpha value is -1.71. The molecule has 3 rings (SSSR count). The molecule has 0 aliphatic rings. The highest BCUT2D eigenvalue weighted by molar-refractivity contribution is 7.12. The molecule has 2 heterocycles. The van der Waals surface area contributed by atoms with E-state index >= 15 is 0 Å². The predicted molar refractivity (Wildman–Crippen MR) is 91.0 cm³/mol. The fourth-order valence-corrected chi connectivity index (χ4v) is 3.72. The molecule has 0 saturated carbocycles. The number of pyridine rings is 1. The molecule has 1 N–H and O–H groups in total. The molecule has 0 bridgehead atoms. The normalized spacial score (nSPS) is 12.7. The van der Waals surface area contributed by atoms with Crippen molar-refractivity contribution >= 4 is 22.1 Å². The highest BCUT2D eigenvalue weighted by Crippen LogP contribution is 2.32. The van der Waals surface area contributed by atoms with Gasteiger partial charge in [-0.3, -0.25) is 4.98 Å². The number of nitrogens with one attached hydrogen (secondary N) is 1. The summed E-state index contributed by atoms with van der Waals surface area (Å²) in [7, 11) is 0. The summed E-state index contributed by atoms with van der Waals surface area (Å²) in [5.41, 5.74) is 1.26. The molecule has 3 aromatic rings. The lowest BCUT2D eigenvalue weighted by Gasteiger charge is -2.18. The van der Waals surface area contributed by atoms with E-state index in [9.17, 15) is 0 Å². The second-order valence-corrected chi connectivity index (χ2v) is 6.30. The Morgan fingerprint density at radius 2 is 1.95 bits per heavy atom. The van der Waals surface area contributed by atoms with Gasteiger partial charge >= 0.3 is 0 Å². The molecule has 1 aromatic carbocycles. The first kappa shape index (κ1) is 14.2. The highest BCUT2D eigenvalue weighted by Gasteiger charge is 2.17. The average Bonchev–Trinajstić information content (AvgIpc) is 3.01. The molecule has 0 aliphatic carbocycles. The van der Waals surface area contributed by atoms with Gasteiger partial charge in [0.2, 0.25) is 0 Å². The molecule has 0 saturated heterocycles. The van der Waals surface area contributed by atoms with Crippen LogP contribution in [0.4, 0.5) is 0 Å². The van der Waals surface area contributed by atoms with Crippen molar-refractivity contribution in [3.8, 4) is 0 Å². The lowest BCUT2D eigenvalue weighted by molar-refractivity contribution is 0.641. The largest absolute Gasteiger partial charge is 0.306 e. The molecule has 0 fully saturated rings. The van der Waals surface area contributed by atoms with Crippen molar-refractivity contribution in [2.24, 2.45) is 0 Å². The number of benzene rings is 1. The van der Waals surface area contributed by atoms with Gasteiger partial charge in [0.25, 0.3) is 0 Å². The van der Waals surface area contributed by atoms with Crippen LogP contribution in [0.5, 0.6) is 0 Å². The molecule has 0 amide bonds. The maximum atomic E-state index is 4.43. The molecule has 0 radical (unpaired) electrons. The molecule has 1 atom stereocenters. The Kier molecular flexibility index (Phi) is 4.32. The smallest absolute Gasteiger partial charge is 0.0692 e. The van der Waals surface area contributed by atoms with Gasteiger partial charge in [-0.25, -0.2) is 0 Å². The summed E-state index contributed by atoms with van der Waals surface area (Å²) in [6.45, 7) is 5.30. The zero-order valence-electron chi connectivity index (χ0n) is 12.5. The Bertz CT molecular complexity index is 727. The molecule has 1 unspecified atom stereocenters. The van der Waals surface area contributed by atoms with Crippen molar-refractivity contribution in [3.05, 3.63) is 64.1 Å². The van der Waals surface area contributed by atoms with E-state index in [0.29, 0.717) is 0 Å². The van der Waals surface area contributed by atoms with E-state index in [4.69, 9.17) is 0 Å². The van der Waals surface area contributed by atoms with Gasteiger partial charge in [0.1, 0.15) is 0 Å². The Morgan fingerprint density at radius 3 is 2.71 bits per heavy atom. The summed E-state index contributed by atoms with van der Waals surface area (Å²) in [5.74, 6) is 0. The van der Waals surface area contributed by atoms with Crippen molar-refractivity contribution in [1.82, 2.24) is 10.3 Å². The predicted octanol–water partition coefficient (Wildman–Crippen LogP) is 4.56. The van der Waals surface area contributed by atoms with Gasteiger partial charge in [-0.05, 0) is 30.5 Å². The van der Waals surface area contributed by atoms with E-state index in [-0.39, 0.29) is 6.04 Å². The van der Waals surface area contributed by atoms with E-state index in [0.717, 1.165) is 13.0 Å². The van der Waals surface area contributed by atoms with Gasteiger partial charge < -0.3 is 5.32 Å². The summed E-state index contributed by atoms with van der Waals surface area (Å²) in [5, 5.41) is 6.10. The van der Waals surface area contributed by atoms with Crippen LogP contribution in [0.25, 0.3) is 10.8 Å². The molecule has 21 heavy (non-hydrogen) atoms. The number of fused-ring (bicyclic) bond motifs is 1. The highest BCUT2D eigenvalue weighted by atomic mass is 32.1. The van der Waals surface area contributed by atoms with Crippen molar-refractivity contribution in [3.63, 3.8) is 0 Å². The Labute approximate surface area is 129 Å². The second kappa shape index (κ2) is 6.37. The second-order valence-electron chi connectivity index (χ2n) is 5.10. The van der Waals surface area contributed by atoms with E-state index in [1.165, 1.54) is 26.1 Å². The van der Waals surface area contributed by atoms with Crippen molar-refractivity contribution in [2.45, 2.75) is 26.3 Å². The van der Waals surface area contributed by atoms with Crippen LogP contribution in [0.1, 0.15) is 35.2 Å². The van der Waals surface area contributed by atoms with Gasteiger partial charge in [0.05, 0.1) is 6.04 Å². The van der Waals surface area contributed by atoms with Crippen LogP contribution in [0.2, 0.25) is 0 Å². The summed E-state index contributed by atoms with van der Waals surface area (Å²) < 4.78 is 0. The van der Waals surface area contributed by atoms with Gasteiger partial charge in [0, 0.05) is 33.1 Å². The van der Waals surface area contributed by atoms with Gasteiger partial charge in [0.15, 0.2) is 0 Å². The standard InChI is InChI=1S/C18H20N2S/c1-3-14-9-10-17(21-14)18(20-4-2)16-12-19-11-13-7-5-6-8-15(13)16/h5-12,18,20H,3-4H2,1-2H3. The number of hydrogen-bond acceptors (Lipinski definition) is 3. The summed E-state index contributed by atoms with van der Waals surface area (Å²) in [6.07, 6.45) is 5.03. The van der Waals surface area contributed by atoms with Crippen LogP contribution in [-0.4, -0.2) is 11.5 Å². The molecule has 2 aromatic heterocycles. The molecule has 108 valence electrons. The lowest BCUT2D eigenvalue weighted by Crippen LogP contribution is -2.21. The fourth-order valence-electron chi connectivity index (χ4n) is 2.68. The summed E-state index contributed by atoms with van der Waals surface area (Å²) in [6, 6.07) is 13.2. The maximum absolute atomic E-state index is 4.43. The zero-order chi connectivity index (χ0) is 14.7. The molecule has 0 aliphatic heterocycles. The first-order valence-corrected chi connectivity index (χ1v) is 8.29. The van der Waals surface area contributed by atoms with Crippen molar-refractivity contribution < 1.29 is 0 Å². The third-order valence-electron chi connectivity index (χ3n) is 3.73.